The number of hydrogen-bond acceptors (Lipinski definition) is 2. The van der Waals surface area contributed by atoms with Gasteiger partial charge in [0, 0.05) is 5.02 Å². The molecule has 0 saturated heterocycles. The van der Waals surface area contributed by atoms with Crippen LogP contribution < -0.4 is 4.74 Å². The van der Waals surface area contributed by atoms with E-state index in [-0.39, 0.29) is 5.92 Å². The second-order valence-corrected chi connectivity index (χ2v) is 5.47. The lowest BCUT2D eigenvalue weighted by atomic mass is 9.95. The fourth-order valence-corrected chi connectivity index (χ4v) is 2.24. The summed E-state index contributed by atoms with van der Waals surface area (Å²) >= 11 is 5.82. The van der Waals surface area contributed by atoms with Crippen LogP contribution in [0.3, 0.4) is 0 Å². The van der Waals surface area contributed by atoms with Crippen molar-refractivity contribution in [3.63, 3.8) is 0 Å². The standard InChI is InChI=1S/C18H18ClNO/c1-14-4-6-15(7-5-14)16(13-20)3-2-12-21-18-10-8-17(19)9-11-18/h4-11,16H,2-3,12H2,1H3. The van der Waals surface area contributed by atoms with Crippen LogP contribution in [-0.4, -0.2) is 6.61 Å². The molecule has 0 aliphatic rings. The number of halogens is 1. The normalized spacial score (nSPS) is 11.7. The van der Waals surface area contributed by atoms with Crippen LogP contribution >= 0.6 is 11.6 Å². The first-order chi connectivity index (χ1) is 10.2. The molecular weight excluding hydrogens is 282 g/mol. The smallest absolute Gasteiger partial charge is 0.119 e. The molecule has 0 bridgehead atoms. The Morgan fingerprint density at radius 3 is 2.38 bits per heavy atom. The maximum atomic E-state index is 9.29. The molecule has 3 heteroatoms. The molecule has 21 heavy (non-hydrogen) atoms. The quantitative estimate of drug-likeness (QED) is 0.694. The third-order valence-electron chi connectivity index (χ3n) is 3.36. The highest BCUT2D eigenvalue weighted by Crippen LogP contribution is 2.21. The van der Waals surface area contributed by atoms with Crippen LogP contribution in [0.2, 0.25) is 5.02 Å². The summed E-state index contributed by atoms with van der Waals surface area (Å²) in [4.78, 5) is 0. The zero-order chi connectivity index (χ0) is 15.1. The summed E-state index contributed by atoms with van der Waals surface area (Å²) in [6.07, 6.45) is 1.64. The predicted molar refractivity (Wildman–Crippen MR) is 85.7 cm³/mol. The van der Waals surface area contributed by atoms with Crippen molar-refractivity contribution in [2.24, 2.45) is 0 Å². The number of rotatable bonds is 6. The number of aryl methyl sites for hydroxylation is 1. The summed E-state index contributed by atoms with van der Waals surface area (Å²) in [5, 5.41) is 9.99. The first-order valence-electron chi connectivity index (χ1n) is 7.03. The minimum absolute atomic E-state index is 0.0700. The fourth-order valence-electron chi connectivity index (χ4n) is 2.11. The summed E-state index contributed by atoms with van der Waals surface area (Å²) < 4.78 is 5.64. The Morgan fingerprint density at radius 1 is 1.10 bits per heavy atom. The van der Waals surface area contributed by atoms with Gasteiger partial charge in [-0.05, 0) is 49.6 Å². The van der Waals surface area contributed by atoms with Gasteiger partial charge in [0.05, 0.1) is 18.6 Å². The molecule has 0 radical (unpaired) electrons. The molecule has 2 rings (SSSR count). The van der Waals surface area contributed by atoms with Crippen LogP contribution in [0.15, 0.2) is 48.5 Å². The van der Waals surface area contributed by atoms with Crippen LogP contribution in [0.1, 0.15) is 29.9 Å². The van der Waals surface area contributed by atoms with Gasteiger partial charge in [-0.25, -0.2) is 0 Å². The highest BCUT2D eigenvalue weighted by molar-refractivity contribution is 6.30. The van der Waals surface area contributed by atoms with E-state index in [1.54, 1.807) is 12.1 Å². The van der Waals surface area contributed by atoms with Crippen LogP contribution in [0.25, 0.3) is 0 Å². The van der Waals surface area contributed by atoms with E-state index < -0.39 is 0 Å². The van der Waals surface area contributed by atoms with Gasteiger partial charge in [0.25, 0.3) is 0 Å². The molecule has 108 valence electrons. The van der Waals surface area contributed by atoms with Gasteiger partial charge in [-0.2, -0.15) is 5.26 Å². The zero-order valence-corrected chi connectivity index (χ0v) is 12.8. The van der Waals surface area contributed by atoms with Crippen molar-refractivity contribution in [2.45, 2.75) is 25.7 Å². The first kappa shape index (κ1) is 15.4. The lowest BCUT2D eigenvalue weighted by molar-refractivity contribution is 0.305. The van der Waals surface area contributed by atoms with E-state index in [0.29, 0.717) is 11.6 Å². The minimum atomic E-state index is -0.0700. The molecule has 0 saturated carbocycles. The summed E-state index contributed by atoms with van der Waals surface area (Å²) in [7, 11) is 0. The van der Waals surface area contributed by atoms with Crippen LogP contribution in [-0.2, 0) is 0 Å². The van der Waals surface area contributed by atoms with E-state index in [1.165, 1.54) is 5.56 Å². The topological polar surface area (TPSA) is 33.0 Å². The molecule has 0 amide bonds. The molecule has 0 heterocycles. The molecule has 2 aromatic rings. The molecule has 0 aliphatic heterocycles. The van der Waals surface area contributed by atoms with Crippen molar-refractivity contribution in [1.29, 1.82) is 5.26 Å². The molecule has 2 nitrogen and oxygen atoms in total. The van der Waals surface area contributed by atoms with Crippen LogP contribution in [0.4, 0.5) is 0 Å². The number of ether oxygens (including phenoxy) is 1. The SMILES string of the molecule is Cc1ccc(C(C#N)CCCOc2ccc(Cl)cc2)cc1. The number of benzene rings is 2. The minimum Gasteiger partial charge on any atom is -0.494 e. The van der Waals surface area contributed by atoms with Crippen molar-refractivity contribution >= 4 is 11.6 Å². The third kappa shape index (κ3) is 4.81. The Bertz CT molecular complexity index is 599. The van der Waals surface area contributed by atoms with E-state index in [9.17, 15) is 5.26 Å². The molecule has 0 spiro atoms. The van der Waals surface area contributed by atoms with Gasteiger partial charge in [-0.3, -0.25) is 0 Å². The lowest BCUT2D eigenvalue weighted by Crippen LogP contribution is -2.02. The summed E-state index contributed by atoms with van der Waals surface area (Å²) in [5.41, 5.74) is 2.29. The van der Waals surface area contributed by atoms with E-state index in [0.717, 1.165) is 24.2 Å². The maximum absolute atomic E-state index is 9.29. The van der Waals surface area contributed by atoms with E-state index in [4.69, 9.17) is 16.3 Å². The summed E-state index contributed by atoms with van der Waals surface area (Å²) in [6.45, 7) is 2.65. The maximum Gasteiger partial charge on any atom is 0.119 e. The van der Waals surface area contributed by atoms with Crippen LogP contribution in [0, 0.1) is 18.3 Å². The monoisotopic (exact) mass is 299 g/mol. The average Bonchev–Trinajstić information content (AvgIpc) is 2.50. The van der Waals surface area contributed by atoms with Gasteiger partial charge in [-0.15, -0.1) is 0 Å². The van der Waals surface area contributed by atoms with Gasteiger partial charge in [-0.1, -0.05) is 41.4 Å². The highest BCUT2D eigenvalue weighted by atomic mass is 35.5. The summed E-state index contributed by atoms with van der Waals surface area (Å²) in [5.74, 6) is 0.739. The molecule has 0 fully saturated rings. The Balaban J connectivity index is 1.80. The Kier molecular flexibility index (Phi) is 5.66. The Hall–Kier alpha value is -1.98. The van der Waals surface area contributed by atoms with E-state index in [2.05, 4.69) is 6.07 Å². The number of hydrogen-bond donors (Lipinski definition) is 0. The van der Waals surface area contributed by atoms with Crippen molar-refractivity contribution in [1.82, 2.24) is 0 Å². The van der Waals surface area contributed by atoms with Crippen LogP contribution in [0.5, 0.6) is 5.75 Å². The molecule has 0 aromatic heterocycles. The third-order valence-corrected chi connectivity index (χ3v) is 3.61. The predicted octanol–water partition coefficient (Wildman–Crippen LogP) is 5.11. The van der Waals surface area contributed by atoms with Crippen molar-refractivity contribution in [3.8, 4) is 11.8 Å². The van der Waals surface area contributed by atoms with E-state index >= 15 is 0 Å². The molecule has 0 aliphatic carbocycles. The van der Waals surface area contributed by atoms with Gasteiger partial charge < -0.3 is 4.74 Å². The Morgan fingerprint density at radius 2 is 1.76 bits per heavy atom. The fraction of sp³-hybridized carbons (Fsp3) is 0.278. The van der Waals surface area contributed by atoms with Gasteiger partial charge in [0.1, 0.15) is 5.75 Å². The second-order valence-electron chi connectivity index (χ2n) is 5.04. The number of nitriles is 1. The van der Waals surface area contributed by atoms with Gasteiger partial charge in [0.2, 0.25) is 0 Å². The molecule has 0 N–H and O–H groups in total. The van der Waals surface area contributed by atoms with Gasteiger partial charge >= 0.3 is 0 Å². The summed E-state index contributed by atoms with van der Waals surface area (Å²) in [6, 6.07) is 17.8. The van der Waals surface area contributed by atoms with Crippen molar-refractivity contribution in [3.05, 3.63) is 64.7 Å². The largest absolute Gasteiger partial charge is 0.494 e. The second kappa shape index (κ2) is 7.71. The van der Waals surface area contributed by atoms with Gasteiger partial charge in [0.15, 0.2) is 0 Å². The zero-order valence-electron chi connectivity index (χ0n) is 12.1. The molecule has 1 atom stereocenters. The van der Waals surface area contributed by atoms with E-state index in [1.807, 2.05) is 43.3 Å². The highest BCUT2D eigenvalue weighted by Gasteiger charge is 2.10. The molecular formula is C18H18ClNO. The first-order valence-corrected chi connectivity index (χ1v) is 7.41. The Labute approximate surface area is 130 Å². The average molecular weight is 300 g/mol. The number of nitrogens with zero attached hydrogens (tertiary/aromatic N) is 1. The molecule has 1 unspecified atom stereocenters. The lowest BCUT2D eigenvalue weighted by Gasteiger charge is -2.10. The van der Waals surface area contributed by atoms with Crippen molar-refractivity contribution in [2.75, 3.05) is 6.61 Å². The molecule has 2 aromatic carbocycles. The van der Waals surface area contributed by atoms with Crippen molar-refractivity contribution < 1.29 is 4.74 Å².